The fourth-order valence-electron chi connectivity index (χ4n) is 1.00. The molecule has 0 fully saturated rings. The molecule has 0 aliphatic heterocycles. The average Bonchev–Trinajstić information content (AvgIpc) is 2.14. The Morgan fingerprint density at radius 2 is 2.29 bits per heavy atom. The number of ether oxygens (including phenoxy) is 1. The van der Waals surface area contributed by atoms with Crippen LogP contribution >= 0.6 is 0 Å². The molecule has 0 saturated heterocycles. The highest BCUT2D eigenvalue weighted by molar-refractivity contribution is 5.95. The molecule has 0 atom stereocenters. The van der Waals surface area contributed by atoms with E-state index in [4.69, 9.17) is 4.74 Å². The summed E-state index contributed by atoms with van der Waals surface area (Å²) in [5, 5.41) is 0. The van der Waals surface area contributed by atoms with E-state index >= 15 is 0 Å². The summed E-state index contributed by atoms with van der Waals surface area (Å²) in [6, 6.07) is 3.63. The Bertz CT molecular complexity index is 321. The van der Waals surface area contributed by atoms with E-state index in [9.17, 15) is 4.79 Å². The Kier molecular flexibility index (Phi) is 3.77. The van der Waals surface area contributed by atoms with Crippen LogP contribution in [0.4, 0.5) is 0 Å². The van der Waals surface area contributed by atoms with Crippen LogP contribution < -0.4 is 0 Å². The molecule has 0 amide bonds. The first-order valence-electron chi connectivity index (χ1n) is 4.67. The van der Waals surface area contributed by atoms with E-state index in [1.165, 1.54) is 0 Å². The molecule has 0 aromatic carbocycles. The van der Waals surface area contributed by atoms with Gasteiger partial charge in [0.05, 0.1) is 6.10 Å². The Morgan fingerprint density at radius 1 is 1.57 bits per heavy atom. The highest BCUT2D eigenvalue weighted by Gasteiger charge is 2.08. The van der Waals surface area contributed by atoms with Gasteiger partial charge in [-0.2, -0.15) is 0 Å². The van der Waals surface area contributed by atoms with Crippen LogP contribution in [0.25, 0.3) is 0 Å². The molecule has 0 spiro atoms. The SMILES string of the molecule is Cc1ccnc(C(=O)COC(C)C)c1. The standard InChI is InChI=1S/C11H15NO2/c1-8(2)14-7-11(13)10-6-9(3)4-5-12-10/h4-6,8H,7H2,1-3H3. The van der Waals surface area contributed by atoms with Gasteiger partial charge in [0.25, 0.3) is 0 Å². The molecule has 3 heteroatoms. The number of ketones is 1. The molecule has 14 heavy (non-hydrogen) atoms. The van der Waals surface area contributed by atoms with Gasteiger partial charge in [0, 0.05) is 6.20 Å². The van der Waals surface area contributed by atoms with Crippen LogP contribution in [0, 0.1) is 6.92 Å². The van der Waals surface area contributed by atoms with Gasteiger partial charge in [0.1, 0.15) is 12.3 Å². The molecule has 0 bridgehead atoms. The molecule has 0 radical (unpaired) electrons. The molecular weight excluding hydrogens is 178 g/mol. The first kappa shape index (κ1) is 10.9. The summed E-state index contributed by atoms with van der Waals surface area (Å²) in [5.74, 6) is -0.0672. The Balaban J connectivity index is 2.61. The minimum absolute atomic E-state index is 0.0672. The Labute approximate surface area is 84.1 Å². The fraction of sp³-hybridized carbons (Fsp3) is 0.455. The lowest BCUT2D eigenvalue weighted by Gasteiger charge is -2.06. The van der Waals surface area contributed by atoms with Gasteiger partial charge in [-0.15, -0.1) is 0 Å². The van der Waals surface area contributed by atoms with Gasteiger partial charge in [-0.3, -0.25) is 9.78 Å². The van der Waals surface area contributed by atoms with Crippen LogP contribution in [0.1, 0.15) is 29.9 Å². The summed E-state index contributed by atoms with van der Waals surface area (Å²) in [6.45, 7) is 5.84. The third-order valence-electron chi connectivity index (χ3n) is 1.75. The van der Waals surface area contributed by atoms with Crippen molar-refractivity contribution < 1.29 is 9.53 Å². The molecule has 0 saturated carbocycles. The molecule has 0 N–H and O–H groups in total. The maximum Gasteiger partial charge on any atom is 0.206 e. The predicted octanol–water partition coefficient (Wildman–Crippen LogP) is 2.00. The van der Waals surface area contributed by atoms with Crippen molar-refractivity contribution in [3.63, 3.8) is 0 Å². The van der Waals surface area contributed by atoms with Crippen LogP contribution in [0.15, 0.2) is 18.3 Å². The number of Topliss-reactive ketones (excluding diaryl/α,β-unsaturated/α-hetero) is 1. The van der Waals surface area contributed by atoms with Crippen molar-refractivity contribution in [1.29, 1.82) is 0 Å². The summed E-state index contributed by atoms with van der Waals surface area (Å²) in [5.41, 5.74) is 1.51. The minimum atomic E-state index is -0.0672. The normalized spacial score (nSPS) is 10.6. The molecule has 76 valence electrons. The molecular formula is C11H15NO2. The number of aryl methyl sites for hydroxylation is 1. The van der Waals surface area contributed by atoms with Gasteiger partial charge in [0.2, 0.25) is 5.78 Å². The second-order valence-corrected chi connectivity index (χ2v) is 3.50. The molecule has 1 rings (SSSR count). The number of carbonyl (C=O) groups is 1. The summed E-state index contributed by atoms with van der Waals surface area (Å²) in [4.78, 5) is 15.5. The Hall–Kier alpha value is -1.22. The van der Waals surface area contributed by atoms with E-state index in [-0.39, 0.29) is 18.5 Å². The molecule has 1 heterocycles. The fourth-order valence-corrected chi connectivity index (χ4v) is 1.00. The van der Waals surface area contributed by atoms with Crippen molar-refractivity contribution in [2.45, 2.75) is 26.9 Å². The lowest BCUT2D eigenvalue weighted by Crippen LogP contribution is -2.14. The van der Waals surface area contributed by atoms with Crippen LogP contribution in [0.3, 0.4) is 0 Å². The number of rotatable bonds is 4. The number of pyridine rings is 1. The maximum absolute atomic E-state index is 11.5. The molecule has 0 aliphatic carbocycles. The second-order valence-electron chi connectivity index (χ2n) is 3.50. The van der Waals surface area contributed by atoms with E-state index in [2.05, 4.69) is 4.98 Å². The van der Waals surface area contributed by atoms with Crippen LogP contribution in [0.2, 0.25) is 0 Å². The van der Waals surface area contributed by atoms with Gasteiger partial charge >= 0.3 is 0 Å². The summed E-state index contributed by atoms with van der Waals surface area (Å²) < 4.78 is 5.21. The number of nitrogens with zero attached hydrogens (tertiary/aromatic N) is 1. The van der Waals surface area contributed by atoms with Crippen molar-refractivity contribution in [3.05, 3.63) is 29.6 Å². The van der Waals surface area contributed by atoms with Gasteiger partial charge in [-0.05, 0) is 38.5 Å². The van der Waals surface area contributed by atoms with Crippen molar-refractivity contribution >= 4 is 5.78 Å². The Morgan fingerprint density at radius 3 is 2.86 bits per heavy atom. The third kappa shape index (κ3) is 3.26. The molecule has 0 aliphatic rings. The second kappa shape index (κ2) is 4.86. The first-order chi connectivity index (χ1) is 6.59. The molecule has 3 nitrogen and oxygen atoms in total. The summed E-state index contributed by atoms with van der Waals surface area (Å²) in [7, 11) is 0. The average molecular weight is 193 g/mol. The van der Waals surface area contributed by atoms with E-state index < -0.39 is 0 Å². The van der Waals surface area contributed by atoms with Crippen molar-refractivity contribution in [1.82, 2.24) is 4.98 Å². The smallest absolute Gasteiger partial charge is 0.206 e. The van der Waals surface area contributed by atoms with Crippen molar-refractivity contribution in [2.24, 2.45) is 0 Å². The van der Waals surface area contributed by atoms with E-state index in [1.807, 2.05) is 26.8 Å². The lowest BCUT2D eigenvalue weighted by molar-refractivity contribution is 0.0580. The van der Waals surface area contributed by atoms with Crippen molar-refractivity contribution in [3.8, 4) is 0 Å². The third-order valence-corrected chi connectivity index (χ3v) is 1.75. The molecule has 0 unspecified atom stereocenters. The predicted molar refractivity (Wildman–Crippen MR) is 54.4 cm³/mol. The summed E-state index contributed by atoms with van der Waals surface area (Å²) in [6.07, 6.45) is 1.71. The van der Waals surface area contributed by atoms with Gasteiger partial charge in [0.15, 0.2) is 0 Å². The summed E-state index contributed by atoms with van der Waals surface area (Å²) >= 11 is 0. The van der Waals surface area contributed by atoms with Crippen LogP contribution in [-0.4, -0.2) is 23.5 Å². The van der Waals surface area contributed by atoms with Gasteiger partial charge in [-0.25, -0.2) is 0 Å². The van der Waals surface area contributed by atoms with E-state index in [0.29, 0.717) is 5.69 Å². The number of hydrogen-bond donors (Lipinski definition) is 0. The van der Waals surface area contributed by atoms with Gasteiger partial charge < -0.3 is 4.74 Å². The highest BCUT2D eigenvalue weighted by atomic mass is 16.5. The quantitative estimate of drug-likeness (QED) is 0.686. The van der Waals surface area contributed by atoms with Crippen molar-refractivity contribution in [2.75, 3.05) is 6.61 Å². The van der Waals surface area contributed by atoms with Crippen LogP contribution in [-0.2, 0) is 4.74 Å². The number of carbonyl (C=O) groups excluding carboxylic acids is 1. The van der Waals surface area contributed by atoms with E-state index in [1.54, 1.807) is 12.3 Å². The largest absolute Gasteiger partial charge is 0.371 e. The minimum Gasteiger partial charge on any atom is -0.371 e. The van der Waals surface area contributed by atoms with Gasteiger partial charge in [-0.1, -0.05) is 0 Å². The number of aromatic nitrogens is 1. The molecule has 1 aromatic heterocycles. The topological polar surface area (TPSA) is 39.2 Å². The monoisotopic (exact) mass is 193 g/mol. The zero-order valence-electron chi connectivity index (χ0n) is 8.78. The number of hydrogen-bond acceptors (Lipinski definition) is 3. The highest BCUT2D eigenvalue weighted by Crippen LogP contribution is 2.02. The zero-order chi connectivity index (χ0) is 10.6. The maximum atomic E-state index is 11.5. The zero-order valence-corrected chi connectivity index (χ0v) is 8.78. The van der Waals surface area contributed by atoms with E-state index in [0.717, 1.165) is 5.56 Å². The first-order valence-corrected chi connectivity index (χ1v) is 4.67. The van der Waals surface area contributed by atoms with Crippen LogP contribution in [0.5, 0.6) is 0 Å². The molecule has 1 aromatic rings. The lowest BCUT2D eigenvalue weighted by atomic mass is 10.2.